The van der Waals surface area contributed by atoms with Crippen molar-refractivity contribution in [1.29, 1.82) is 0 Å². The maximum atomic E-state index is 13.7. The quantitative estimate of drug-likeness (QED) is 0.666. The van der Waals surface area contributed by atoms with Crippen molar-refractivity contribution in [3.63, 3.8) is 0 Å². The molecule has 0 fully saturated rings. The van der Waals surface area contributed by atoms with E-state index in [-0.39, 0.29) is 23.8 Å². The van der Waals surface area contributed by atoms with Gasteiger partial charge in [0.25, 0.3) is 0 Å². The van der Waals surface area contributed by atoms with Crippen LogP contribution < -0.4 is 0 Å². The zero-order chi connectivity index (χ0) is 16.2. The third-order valence-electron chi connectivity index (χ3n) is 3.52. The van der Waals surface area contributed by atoms with E-state index < -0.39 is 0 Å². The number of aromatic nitrogens is 1. The number of ketones is 1. The molecule has 114 valence electrons. The predicted molar refractivity (Wildman–Crippen MR) is 84.1 cm³/mol. The van der Waals surface area contributed by atoms with Crippen LogP contribution in [0.2, 0.25) is 0 Å². The molecular weight excluding hydrogens is 296 g/mol. The fourth-order valence-electron chi connectivity index (χ4n) is 2.29. The summed E-state index contributed by atoms with van der Waals surface area (Å²) < 4.78 is 26.6. The highest BCUT2D eigenvalue weighted by Crippen LogP contribution is 2.21. The van der Waals surface area contributed by atoms with E-state index in [1.165, 1.54) is 30.3 Å². The Bertz CT molecular complexity index is 827. The lowest BCUT2D eigenvalue weighted by Gasteiger charge is -2.05. The number of Topliss-reactive ketones (excluding diaryl/α,β-unsaturated/α-hetero) is 1. The molecule has 0 amide bonds. The van der Waals surface area contributed by atoms with Crippen LogP contribution in [0.1, 0.15) is 16.1 Å². The molecule has 2 aromatic carbocycles. The SMILES string of the molecule is O=C(Cc1ccc(-c2ccccc2F)cn1)c1ccc(F)cc1. The van der Waals surface area contributed by atoms with Gasteiger partial charge in [0, 0.05) is 28.6 Å². The van der Waals surface area contributed by atoms with Crippen molar-refractivity contribution >= 4 is 5.78 Å². The fraction of sp³-hybridized carbons (Fsp3) is 0.0526. The van der Waals surface area contributed by atoms with Crippen LogP contribution in [0.25, 0.3) is 11.1 Å². The number of hydrogen-bond donors (Lipinski definition) is 0. The number of pyridine rings is 1. The van der Waals surface area contributed by atoms with Crippen molar-refractivity contribution in [1.82, 2.24) is 4.98 Å². The van der Waals surface area contributed by atoms with Gasteiger partial charge in [-0.25, -0.2) is 8.78 Å². The highest BCUT2D eigenvalue weighted by Gasteiger charge is 2.09. The van der Waals surface area contributed by atoms with Crippen LogP contribution in [0, 0.1) is 11.6 Å². The maximum absolute atomic E-state index is 13.7. The summed E-state index contributed by atoms with van der Waals surface area (Å²) in [5, 5.41) is 0. The summed E-state index contributed by atoms with van der Waals surface area (Å²) >= 11 is 0. The zero-order valence-electron chi connectivity index (χ0n) is 12.2. The normalized spacial score (nSPS) is 10.5. The van der Waals surface area contributed by atoms with Gasteiger partial charge in [0.05, 0.1) is 6.42 Å². The Balaban J connectivity index is 1.76. The number of carbonyl (C=O) groups excluding carboxylic acids is 1. The molecule has 0 spiro atoms. The van der Waals surface area contributed by atoms with E-state index in [1.54, 1.807) is 36.5 Å². The molecule has 3 aromatic rings. The molecule has 0 atom stereocenters. The van der Waals surface area contributed by atoms with Crippen molar-refractivity contribution < 1.29 is 13.6 Å². The van der Waals surface area contributed by atoms with Crippen molar-refractivity contribution in [3.05, 3.63) is 89.8 Å². The van der Waals surface area contributed by atoms with Gasteiger partial charge < -0.3 is 0 Å². The molecule has 1 heterocycles. The summed E-state index contributed by atoms with van der Waals surface area (Å²) in [4.78, 5) is 16.3. The van der Waals surface area contributed by atoms with Crippen molar-refractivity contribution in [3.8, 4) is 11.1 Å². The first kappa shape index (κ1) is 15.0. The lowest BCUT2D eigenvalue weighted by atomic mass is 10.0. The van der Waals surface area contributed by atoms with Gasteiger partial charge in [-0.15, -0.1) is 0 Å². The van der Waals surface area contributed by atoms with E-state index in [2.05, 4.69) is 4.98 Å². The Morgan fingerprint density at radius 1 is 0.913 bits per heavy atom. The monoisotopic (exact) mass is 309 g/mol. The summed E-state index contributed by atoms with van der Waals surface area (Å²) in [6.07, 6.45) is 1.66. The first-order valence-electron chi connectivity index (χ1n) is 7.12. The van der Waals surface area contributed by atoms with Crippen molar-refractivity contribution in [2.45, 2.75) is 6.42 Å². The fourth-order valence-corrected chi connectivity index (χ4v) is 2.29. The van der Waals surface area contributed by atoms with Gasteiger partial charge in [-0.1, -0.05) is 24.3 Å². The van der Waals surface area contributed by atoms with Gasteiger partial charge in [0.15, 0.2) is 5.78 Å². The number of carbonyl (C=O) groups is 1. The van der Waals surface area contributed by atoms with Crippen LogP contribution in [0.4, 0.5) is 8.78 Å². The smallest absolute Gasteiger partial charge is 0.168 e. The van der Waals surface area contributed by atoms with Gasteiger partial charge >= 0.3 is 0 Å². The summed E-state index contributed by atoms with van der Waals surface area (Å²) in [5.74, 6) is -0.838. The van der Waals surface area contributed by atoms with E-state index >= 15 is 0 Å². The molecular formula is C19H13F2NO. The molecule has 1 aromatic heterocycles. The Labute approximate surface area is 132 Å². The van der Waals surface area contributed by atoms with Gasteiger partial charge in [-0.05, 0) is 36.4 Å². The molecule has 0 bridgehead atoms. The zero-order valence-corrected chi connectivity index (χ0v) is 12.2. The number of nitrogens with zero attached hydrogens (tertiary/aromatic N) is 1. The molecule has 0 radical (unpaired) electrons. The first-order valence-corrected chi connectivity index (χ1v) is 7.12. The van der Waals surface area contributed by atoms with Gasteiger partial charge in [0.1, 0.15) is 11.6 Å². The highest BCUT2D eigenvalue weighted by atomic mass is 19.1. The van der Waals surface area contributed by atoms with Crippen LogP contribution in [0.5, 0.6) is 0 Å². The van der Waals surface area contributed by atoms with Gasteiger partial charge in [-0.2, -0.15) is 0 Å². The molecule has 0 aliphatic heterocycles. The average Bonchev–Trinajstić information content (AvgIpc) is 2.57. The minimum Gasteiger partial charge on any atom is -0.294 e. The topological polar surface area (TPSA) is 30.0 Å². The second-order valence-corrected chi connectivity index (χ2v) is 5.12. The molecule has 4 heteroatoms. The molecule has 0 aliphatic carbocycles. The van der Waals surface area contributed by atoms with Gasteiger partial charge in [0.2, 0.25) is 0 Å². The van der Waals surface area contributed by atoms with Crippen LogP contribution in [-0.2, 0) is 6.42 Å². The molecule has 0 saturated carbocycles. The molecule has 0 saturated heterocycles. The minimum atomic E-state index is -0.381. The van der Waals surface area contributed by atoms with E-state index in [0.717, 1.165) is 0 Å². The lowest BCUT2D eigenvalue weighted by Crippen LogP contribution is -2.05. The van der Waals surface area contributed by atoms with Crippen molar-refractivity contribution in [2.24, 2.45) is 0 Å². The first-order chi connectivity index (χ1) is 11.1. The molecule has 0 aliphatic rings. The van der Waals surface area contributed by atoms with E-state index in [0.29, 0.717) is 22.4 Å². The number of hydrogen-bond acceptors (Lipinski definition) is 2. The molecule has 23 heavy (non-hydrogen) atoms. The molecule has 2 nitrogen and oxygen atoms in total. The number of benzene rings is 2. The Kier molecular flexibility index (Phi) is 4.24. The second kappa shape index (κ2) is 6.48. The average molecular weight is 309 g/mol. The van der Waals surface area contributed by atoms with Crippen LogP contribution in [0.15, 0.2) is 66.9 Å². The maximum Gasteiger partial charge on any atom is 0.168 e. The van der Waals surface area contributed by atoms with Crippen LogP contribution >= 0.6 is 0 Å². The molecule has 3 rings (SSSR count). The highest BCUT2D eigenvalue weighted by molar-refractivity contribution is 5.97. The minimum absolute atomic E-state index is 0.114. The summed E-state index contributed by atoms with van der Waals surface area (Å²) in [6.45, 7) is 0. The summed E-state index contributed by atoms with van der Waals surface area (Å²) in [6, 6.07) is 15.3. The van der Waals surface area contributed by atoms with Crippen LogP contribution in [0.3, 0.4) is 0 Å². The summed E-state index contributed by atoms with van der Waals surface area (Å²) in [5.41, 5.74) is 2.14. The van der Waals surface area contributed by atoms with Gasteiger partial charge in [-0.3, -0.25) is 9.78 Å². The van der Waals surface area contributed by atoms with E-state index in [9.17, 15) is 13.6 Å². The Hall–Kier alpha value is -2.88. The third kappa shape index (κ3) is 3.48. The molecule has 0 unspecified atom stereocenters. The second-order valence-electron chi connectivity index (χ2n) is 5.12. The lowest BCUT2D eigenvalue weighted by molar-refractivity contribution is 0.0992. The predicted octanol–water partition coefficient (Wildman–Crippen LogP) is 4.45. The molecule has 0 N–H and O–H groups in total. The standard InChI is InChI=1S/C19H13F2NO/c20-15-8-5-13(6-9-15)19(23)11-16-10-7-14(12-22-16)17-3-1-2-4-18(17)21/h1-10,12H,11H2. The number of rotatable bonds is 4. The van der Waals surface area contributed by atoms with E-state index in [4.69, 9.17) is 0 Å². The summed E-state index contributed by atoms with van der Waals surface area (Å²) in [7, 11) is 0. The van der Waals surface area contributed by atoms with Crippen LogP contribution in [-0.4, -0.2) is 10.8 Å². The number of halogens is 2. The Morgan fingerprint density at radius 2 is 1.65 bits per heavy atom. The van der Waals surface area contributed by atoms with E-state index in [1.807, 2.05) is 0 Å². The van der Waals surface area contributed by atoms with Crippen molar-refractivity contribution in [2.75, 3.05) is 0 Å². The third-order valence-corrected chi connectivity index (χ3v) is 3.52. The Morgan fingerprint density at radius 3 is 2.30 bits per heavy atom. The largest absolute Gasteiger partial charge is 0.294 e.